The minimum atomic E-state index is 0. The predicted octanol–water partition coefficient (Wildman–Crippen LogP) is 3.62. The lowest BCUT2D eigenvalue weighted by Crippen LogP contribution is -2.45. The maximum Gasteiger partial charge on any atom is 0.237 e. The molecule has 2 atom stereocenters. The first-order valence-electron chi connectivity index (χ1n) is 10.4. The van der Waals surface area contributed by atoms with Crippen LogP contribution in [0.1, 0.15) is 36.9 Å². The highest BCUT2D eigenvalue weighted by atomic mass is 35.5. The molecule has 2 aliphatic heterocycles. The number of rotatable bonds is 6. The molecule has 2 N–H and O–H groups in total. The number of hydrogen-bond donors (Lipinski definition) is 2. The van der Waals surface area contributed by atoms with E-state index in [4.69, 9.17) is 4.98 Å². The topological polar surface area (TPSA) is 57.3 Å². The molecule has 2 aromatic rings. The molecule has 1 aromatic heterocycles. The molecule has 0 radical (unpaired) electrons. The van der Waals surface area contributed by atoms with Gasteiger partial charge in [-0.05, 0) is 51.6 Å². The number of nitrogens with zero attached hydrogens (tertiary/aromatic N) is 2. The Kier molecular flexibility index (Phi) is 8.07. The van der Waals surface area contributed by atoms with E-state index in [2.05, 4.69) is 52.1 Å². The van der Waals surface area contributed by atoms with Crippen LogP contribution in [-0.2, 0) is 11.3 Å². The zero-order valence-corrected chi connectivity index (χ0v) is 18.7. The Morgan fingerprint density at radius 3 is 2.86 bits per heavy atom. The molecule has 2 unspecified atom stereocenters. The molecule has 5 nitrogen and oxygen atoms in total. The van der Waals surface area contributed by atoms with E-state index in [0.29, 0.717) is 5.92 Å². The summed E-state index contributed by atoms with van der Waals surface area (Å²) in [6.45, 7) is 6.92. The number of thiazole rings is 1. The highest BCUT2D eigenvalue weighted by Crippen LogP contribution is 2.25. The number of benzene rings is 1. The lowest BCUT2D eigenvalue weighted by Gasteiger charge is -2.32. The van der Waals surface area contributed by atoms with Gasteiger partial charge in [-0.2, -0.15) is 0 Å². The highest BCUT2D eigenvalue weighted by molar-refractivity contribution is 7.13. The fraction of sp³-hybridized carbons (Fsp3) is 0.545. The molecule has 2 aliphatic rings. The van der Waals surface area contributed by atoms with Gasteiger partial charge < -0.3 is 10.6 Å². The van der Waals surface area contributed by atoms with Gasteiger partial charge >= 0.3 is 0 Å². The Morgan fingerprint density at radius 2 is 2.10 bits per heavy atom. The molecule has 4 rings (SSSR count). The lowest BCUT2D eigenvalue weighted by molar-refractivity contribution is -0.123. The second kappa shape index (κ2) is 10.5. The molecule has 3 heterocycles. The Labute approximate surface area is 183 Å². The van der Waals surface area contributed by atoms with Crippen molar-refractivity contribution < 1.29 is 4.79 Å². The van der Waals surface area contributed by atoms with Gasteiger partial charge in [0.2, 0.25) is 5.91 Å². The van der Waals surface area contributed by atoms with E-state index in [9.17, 15) is 4.79 Å². The number of hydrogen-bond acceptors (Lipinski definition) is 5. The average molecular weight is 435 g/mol. The van der Waals surface area contributed by atoms with Crippen LogP contribution in [0, 0.1) is 12.8 Å². The molecule has 0 spiro atoms. The maximum atomic E-state index is 12.2. The monoisotopic (exact) mass is 434 g/mol. The number of amides is 1. The number of piperidine rings is 1. The summed E-state index contributed by atoms with van der Waals surface area (Å²) in [6, 6.07) is 8.60. The third kappa shape index (κ3) is 6.01. The molecule has 158 valence electrons. The molecule has 29 heavy (non-hydrogen) atoms. The third-order valence-electron chi connectivity index (χ3n) is 5.78. The van der Waals surface area contributed by atoms with Crippen LogP contribution in [0.15, 0.2) is 29.6 Å². The molecule has 2 fully saturated rings. The minimum absolute atomic E-state index is 0. The van der Waals surface area contributed by atoms with Crippen LogP contribution in [0.2, 0.25) is 0 Å². The van der Waals surface area contributed by atoms with Gasteiger partial charge in [-0.1, -0.05) is 29.8 Å². The Morgan fingerprint density at radius 1 is 1.28 bits per heavy atom. The first kappa shape index (κ1) is 22.2. The summed E-state index contributed by atoms with van der Waals surface area (Å²) < 4.78 is 0. The molecule has 2 saturated heterocycles. The van der Waals surface area contributed by atoms with Gasteiger partial charge in [-0.25, -0.2) is 4.98 Å². The molecule has 0 saturated carbocycles. The first-order valence-corrected chi connectivity index (χ1v) is 11.3. The van der Waals surface area contributed by atoms with Crippen molar-refractivity contribution in [3.63, 3.8) is 0 Å². The van der Waals surface area contributed by atoms with Crippen molar-refractivity contribution in [2.24, 2.45) is 5.92 Å². The Balaban J connectivity index is 0.00000240. The van der Waals surface area contributed by atoms with Crippen LogP contribution in [0.25, 0.3) is 10.6 Å². The van der Waals surface area contributed by atoms with Crippen molar-refractivity contribution >= 4 is 29.7 Å². The van der Waals surface area contributed by atoms with Gasteiger partial charge in [0.1, 0.15) is 5.01 Å². The number of aryl methyl sites for hydroxylation is 1. The fourth-order valence-electron chi connectivity index (χ4n) is 4.18. The molecular weight excluding hydrogens is 404 g/mol. The summed E-state index contributed by atoms with van der Waals surface area (Å²) in [6.07, 6.45) is 4.46. The molecule has 7 heteroatoms. The fourth-order valence-corrected chi connectivity index (χ4v) is 4.99. The number of nitrogens with one attached hydrogen (secondary N) is 2. The van der Waals surface area contributed by atoms with Crippen molar-refractivity contribution in [2.45, 2.75) is 45.2 Å². The molecule has 1 amide bonds. The van der Waals surface area contributed by atoms with Crippen molar-refractivity contribution in [3.05, 3.63) is 40.9 Å². The predicted molar refractivity (Wildman–Crippen MR) is 122 cm³/mol. The van der Waals surface area contributed by atoms with Crippen molar-refractivity contribution in [1.29, 1.82) is 0 Å². The summed E-state index contributed by atoms with van der Waals surface area (Å²) in [4.78, 5) is 19.6. The number of halogens is 1. The maximum absolute atomic E-state index is 12.2. The average Bonchev–Trinajstić information content (AvgIpc) is 3.39. The van der Waals surface area contributed by atoms with Gasteiger partial charge in [0.05, 0.1) is 11.7 Å². The van der Waals surface area contributed by atoms with Crippen molar-refractivity contribution in [2.75, 3.05) is 26.2 Å². The summed E-state index contributed by atoms with van der Waals surface area (Å²) in [7, 11) is 0. The first-order chi connectivity index (χ1) is 13.7. The number of carbonyl (C=O) groups is 1. The second-order valence-electron chi connectivity index (χ2n) is 8.15. The van der Waals surface area contributed by atoms with Gasteiger partial charge in [-0.3, -0.25) is 9.69 Å². The van der Waals surface area contributed by atoms with E-state index in [0.717, 1.165) is 56.3 Å². The van der Waals surface area contributed by atoms with Crippen LogP contribution in [-0.4, -0.2) is 48.0 Å². The quantitative estimate of drug-likeness (QED) is 0.729. The highest BCUT2D eigenvalue weighted by Gasteiger charge is 2.25. The SMILES string of the molecule is Cc1ccc(-c2nc(CN3CCCC(CNC(=O)C4CCCN4)C3)cs2)cc1.Cl. The van der Waals surface area contributed by atoms with E-state index < -0.39 is 0 Å². The largest absolute Gasteiger partial charge is 0.354 e. The summed E-state index contributed by atoms with van der Waals surface area (Å²) in [5.41, 5.74) is 3.62. The molecular formula is C22H31ClN4OS. The zero-order chi connectivity index (χ0) is 19.3. The number of aromatic nitrogens is 1. The molecule has 0 bridgehead atoms. The standard InChI is InChI=1S/C22H30N4OS.ClH/c1-16-6-8-18(9-7-16)22-25-19(15-28-22)14-26-11-3-4-17(13-26)12-24-21(27)20-5-2-10-23-20;/h6-9,15,17,20,23H,2-5,10-14H2,1H3,(H,24,27);1H. The molecule has 0 aliphatic carbocycles. The second-order valence-corrected chi connectivity index (χ2v) is 9.01. The number of carbonyl (C=O) groups excluding carboxylic acids is 1. The van der Waals surface area contributed by atoms with Gasteiger partial charge in [-0.15, -0.1) is 23.7 Å². The van der Waals surface area contributed by atoms with Crippen molar-refractivity contribution in [3.8, 4) is 10.6 Å². The van der Waals surface area contributed by atoms with E-state index >= 15 is 0 Å². The van der Waals surface area contributed by atoms with E-state index in [-0.39, 0.29) is 24.4 Å². The van der Waals surface area contributed by atoms with E-state index in [1.54, 1.807) is 11.3 Å². The van der Waals surface area contributed by atoms with E-state index in [1.165, 1.54) is 24.0 Å². The van der Waals surface area contributed by atoms with Crippen LogP contribution in [0.4, 0.5) is 0 Å². The number of likely N-dealkylation sites (tertiary alicyclic amines) is 1. The Bertz CT molecular complexity index is 788. The van der Waals surface area contributed by atoms with Crippen LogP contribution < -0.4 is 10.6 Å². The van der Waals surface area contributed by atoms with Crippen LogP contribution in [0.3, 0.4) is 0 Å². The zero-order valence-electron chi connectivity index (χ0n) is 17.0. The minimum Gasteiger partial charge on any atom is -0.354 e. The van der Waals surface area contributed by atoms with Crippen LogP contribution >= 0.6 is 23.7 Å². The summed E-state index contributed by atoms with van der Waals surface area (Å²) >= 11 is 1.72. The molecule has 1 aromatic carbocycles. The normalized spacial score (nSPS) is 22.2. The van der Waals surface area contributed by atoms with Gasteiger partial charge in [0.25, 0.3) is 0 Å². The van der Waals surface area contributed by atoms with Gasteiger partial charge in [0.15, 0.2) is 0 Å². The van der Waals surface area contributed by atoms with Gasteiger partial charge in [0, 0.05) is 30.6 Å². The summed E-state index contributed by atoms with van der Waals surface area (Å²) in [5.74, 6) is 0.714. The smallest absolute Gasteiger partial charge is 0.237 e. The third-order valence-corrected chi connectivity index (χ3v) is 6.72. The lowest BCUT2D eigenvalue weighted by atomic mass is 9.97. The van der Waals surface area contributed by atoms with Crippen LogP contribution in [0.5, 0.6) is 0 Å². The van der Waals surface area contributed by atoms with E-state index in [1.807, 2.05) is 0 Å². The van der Waals surface area contributed by atoms with Crippen molar-refractivity contribution in [1.82, 2.24) is 20.5 Å². The Hall–Kier alpha value is -1.47. The summed E-state index contributed by atoms with van der Waals surface area (Å²) in [5, 5.41) is 9.73.